The van der Waals surface area contributed by atoms with Crippen molar-refractivity contribution in [3.63, 3.8) is 0 Å². The zero-order valence-corrected chi connectivity index (χ0v) is 8.54. The van der Waals surface area contributed by atoms with E-state index >= 15 is 0 Å². The van der Waals surface area contributed by atoms with E-state index < -0.39 is 0 Å². The van der Waals surface area contributed by atoms with Gasteiger partial charge in [0.25, 0.3) is 0 Å². The second kappa shape index (κ2) is 5.27. The highest BCUT2D eigenvalue weighted by Gasteiger charge is 1.97. The number of anilines is 1. The summed E-state index contributed by atoms with van der Waals surface area (Å²) in [5.41, 5.74) is 0.938. The molecule has 0 atom stereocenters. The lowest BCUT2D eigenvalue weighted by Gasteiger charge is -2.05. The maximum Gasteiger partial charge on any atom is 0.151 e. The van der Waals surface area contributed by atoms with Crippen molar-refractivity contribution in [1.29, 1.82) is 0 Å². The highest BCUT2D eigenvalue weighted by molar-refractivity contribution is 5.82. The SMILES string of the molecule is CCC(=O)CNc1ccc(OC)cc1. The van der Waals surface area contributed by atoms with E-state index in [0.29, 0.717) is 13.0 Å². The van der Waals surface area contributed by atoms with Gasteiger partial charge in [-0.2, -0.15) is 0 Å². The molecule has 76 valence electrons. The van der Waals surface area contributed by atoms with Crippen LogP contribution in [-0.4, -0.2) is 19.4 Å². The highest BCUT2D eigenvalue weighted by atomic mass is 16.5. The number of hydrogen-bond acceptors (Lipinski definition) is 3. The fourth-order valence-corrected chi connectivity index (χ4v) is 1.03. The number of ether oxygens (including phenoxy) is 1. The molecule has 0 amide bonds. The smallest absolute Gasteiger partial charge is 0.151 e. The van der Waals surface area contributed by atoms with E-state index in [1.807, 2.05) is 31.2 Å². The summed E-state index contributed by atoms with van der Waals surface area (Å²) in [6.45, 7) is 2.25. The van der Waals surface area contributed by atoms with E-state index in [4.69, 9.17) is 4.74 Å². The molecule has 3 nitrogen and oxygen atoms in total. The lowest BCUT2D eigenvalue weighted by Crippen LogP contribution is -2.12. The summed E-state index contributed by atoms with van der Waals surface area (Å²) >= 11 is 0. The minimum absolute atomic E-state index is 0.209. The normalized spacial score (nSPS) is 9.57. The Bertz CT molecular complexity index is 293. The average molecular weight is 193 g/mol. The molecule has 0 unspecified atom stereocenters. The summed E-state index contributed by atoms with van der Waals surface area (Å²) in [6, 6.07) is 7.50. The number of rotatable bonds is 5. The zero-order chi connectivity index (χ0) is 10.4. The third-order valence-electron chi connectivity index (χ3n) is 1.97. The first-order valence-electron chi connectivity index (χ1n) is 4.66. The molecule has 0 aliphatic rings. The first-order valence-corrected chi connectivity index (χ1v) is 4.66. The van der Waals surface area contributed by atoms with Crippen LogP contribution >= 0.6 is 0 Å². The van der Waals surface area contributed by atoms with Gasteiger partial charge in [-0.05, 0) is 24.3 Å². The molecule has 3 heteroatoms. The molecule has 1 aromatic rings. The predicted octanol–water partition coefficient (Wildman–Crippen LogP) is 2.09. The quantitative estimate of drug-likeness (QED) is 0.778. The molecule has 0 saturated carbocycles. The molecule has 0 aromatic heterocycles. The van der Waals surface area contributed by atoms with Crippen LogP contribution in [0.5, 0.6) is 5.75 Å². The Morgan fingerprint density at radius 3 is 2.50 bits per heavy atom. The van der Waals surface area contributed by atoms with Gasteiger partial charge in [0.05, 0.1) is 13.7 Å². The molecule has 14 heavy (non-hydrogen) atoms. The van der Waals surface area contributed by atoms with Crippen molar-refractivity contribution >= 4 is 11.5 Å². The second-order valence-electron chi connectivity index (χ2n) is 2.97. The Morgan fingerprint density at radius 1 is 1.36 bits per heavy atom. The van der Waals surface area contributed by atoms with Gasteiger partial charge in [-0.25, -0.2) is 0 Å². The summed E-state index contributed by atoms with van der Waals surface area (Å²) < 4.78 is 5.02. The predicted molar refractivity (Wildman–Crippen MR) is 56.8 cm³/mol. The van der Waals surface area contributed by atoms with Gasteiger partial charge in [0.15, 0.2) is 5.78 Å². The summed E-state index contributed by atoms with van der Waals surface area (Å²) in [5.74, 6) is 1.03. The van der Waals surface area contributed by atoms with Crippen LogP contribution in [0.4, 0.5) is 5.69 Å². The zero-order valence-electron chi connectivity index (χ0n) is 8.54. The van der Waals surface area contributed by atoms with Crippen molar-refractivity contribution in [2.75, 3.05) is 19.0 Å². The standard InChI is InChI=1S/C11H15NO2/c1-3-10(13)8-12-9-4-6-11(14-2)7-5-9/h4-7,12H,3,8H2,1-2H3. The van der Waals surface area contributed by atoms with Gasteiger partial charge in [0.1, 0.15) is 5.75 Å². The first-order chi connectivity index (χ1) is 6.76. The molecule has 1 rings (SSSR count). The highest BCUT2D eigenvalue weighted by Crippen LogP contribution is 2.14. The van der Waals surface area contributed by atoms with Gasteiger partial charge in [-0.1, -0.05) is 6.92 Å². The van der Waals surface area contributed by atoms with E-state index in [9.17, 15) is 4.79 Å². The largest absolute Gasteiger partial charge is 0.497 e. The van der Waals surface area contributed by atoms with Crippen LogP contribution in [0.3, 0.4) is 0 Å². The van der Waals surface area contributed by atoms with Gasteiger partial charge in [0.2, 0.25) is 0 Å². The molecule has 0 aliphatic carbocycles. The van der Waals surface area contributed by atoms with Crippen LogP contribution in [0.1, 0.15) is 13.3 Å². The van der Waals surface area contributed by atoms with Crippen molar-refractivity contribution < 1.29 is 9.53 Å². The third-order valence-corrected chi connectivity index (χ3v) is 1.97. The maximum atomic E-state index is 11.0. The molecule has 0 aliphatic heterocycles. The number of ketones is 1. The molecular weight excluding hydrogens is 178 g/mol. The summed E-state index contributed by atoms with van der Waals surface area (Å²) in [7, 11) is 1.63. The summed E-state index contributed by atoms with van der Waals surface area (Å²) in [5, 5.41) is 3.04. The van der Waals surface area contributed by atoms with Gasteiger partial charge in [0, 0.05) is 12.1 Å². The summed E-state index contributed by atoms with van der Waals surface area (Å²) in [6.07, 6.45) is 0.573. The number of benzene rings is 1. The van der Waals surface area contributed by atoms with Crippen LogP contribution in [-0.2, 0) is 4.79 Å². The Morgan fingerprint density at radius 2 is 2.00 bits per heavy atom. The summed E-state index contributed by atoms with van der Waals surface area (Å²) in [4.78, 5) is 11.0. The minimum Gasteiger partial charge on any atom is -0.497 e. The molecule has 0 bridgehead atoms. The van der Waals surface area contributed by atoms with Crippen LogP contribution < -0.4 is 10.1 Å². The fraction of sp³-hybridized carbons (Fsp3) is 0.364. The van der Waals surface area contributed by atoms with Crippen LogP contribution in [0.15, 0.2) is 24.3 Å². The maximum absolute atomic E-state index is 11.0. The topological polar surface area (TPSA) is 38.3 Å². The molecule has 0 saturated heterocycles. The number of carbonyl (C=O) groups is 1. The van der Waals surface area contributed by atoms with E-state index in [-0.39, 0.29) is 5.78 Å². The fourth-order valence-electron chi connectivity index (χ4n) is 1.03. The number of Topliss-reactive ketones (excluding diaryl/α,β-unsaturated/α-hetero) is 1. The lowest BCUT2D eigenvalue weighted by atomic mass is 10.2. The number of nitrogens with one attached hydrogen (secondary N) is 1. The molecule has 0 radical (unpaired) electrons. The number of methoxy groups -OCH3 is 1. The Labute approximate surface area is 84.1 Å². The molecule has 0 heterocycles. The van der Waals surface area contributed by atoms with Crippen LogP contribution in [0, 0.1) is 0 Å². The number of hydrogen-bond donors (Lipinski definition) is 1. The van der Waals surface area contributed by atoms with Crippen molar-refractivity contribution in [2.45, 2.75) is 13.3 Å². The molecule has 1 N–H and O–H groups in total. The monoisotopic (exact) mass is 193 g/mol. The number of carbonyl (C=O) groups excluding carboxylic acids is 1. The van der Waals surface area contributed by atoms with E-state index in [2.05, 4.69) is 5.32 Å². The van der Waals surface area contributed by atoms with E-state index in [1.54, 1.807) is 7.11 Å². The van der Waals surface area contributed by atoms with Crippen LogP contribution in [0.2, 0.25) is 0 Å². The molecular formula is C11H15NO2. The van der Waals surface area contributed by atoms with Crippen molar-refractivity contribution in [1.82, 2.24) is 0 Å². The van der Waals surface area contributed by atoms with Gasteiger partial charge < -0.3 is 10.1 Å². The first kappa shape index (κ1) is 10.6. The Balaban J connectivity index is 2.47. The molecule has 0 spiro atoms. The molecule has 1 aromatic carbocycles. The van der Waals surface area contributed by atoms with Crippen LogP contribution in [0.25, 0.3) is 0 Å². The van der Waals surface area contributed by atoms with Gasteiger partial charge >= 0.3 is 0 Å². The Kier molecular flexibility index (Phi) is 3.98. The average Bonchev–Trinajstić information content (AvgIpc) is 2.26. The van der Waals surface area contributed by atoms with Crippen molar-refractivity contribution in [3.05, 3.63) is 24.3 Å². The van der Waals surface area contributed by atoms with Gasteiger partial charge in [-0.15, -0.1) is 0 Å². The third kappa shape index (κ3) is 3.09. The lowest BCUT2D eigenvalue weighted by molar-refractivity contribution is -0.117. The van der Waals surface area contributed by atoms with E-state index in [1.165, 1.54) is 0 Å². The minimum atomic E-state index is 0.209. The Hall–Kier alpha value is -1.51. The molecule has 0 fully saturated rings. The van der Waals surface area contributed by atoms with Gasteiger partial charge in [-0.3, -0.25) is 4.79 Å². The van der Waals surface area contributed by atoms with Crippen molar-refractivity contribution in [2.24, 2.45) is 0 Å². The van der Waals surface area contributed by atoms with E-state index in [0.717, 1.165) is 11.4 Å². The second-order valence-corrected chi connectivity index (χ2v) is 2.97. The van der Waals surface area contributed by atoms with Crippen molar-refractivity contribution in [3.8, 4) is 5.75 Å².